The van der Waals surface area contributed by atoms with Crippen LogP contribution in [0.4, 0.5) is 0 Å². The minimum atomic E-state index is -3.18. The molecule has 0 radical (unpaired) electrons. The number of rotatable bonds is 5. The number of sulfone groups is 1. The largest absolute Gasteiger partial charge is 0.340 e. The molecule has 1 saturated heterocycles. The minimum Gasteiger partial charge on any atom is -0.340 e. The molecule has 0 spiro atoms. The summed E-state index contributed by atoms with van der Waals surface area (Å²) >= 11 is 0. The van der Waals surface area contributed by atoms with Gasteiger partial charge in [0.15, 0.2) is 9.84 Å². The summed E-state index contributed by atoms with van der Waals surface area (Å²) in [5.41, 5.74) is 0.961. The molecule has 1 aromatic carbocycles. The lowest BCUT2D eigenvalue weighted by Crippen LogP contribution is -2.48. The quantitative estimate of drug-likeness (QED) is 0.880. The molecule has 1 N–H and O–H groups in total. The minimum absolute atomic E-state index is 0.0417. The monoisotopic (exact) mass is 324 g/mol. The molecule has 1 unspecified atom stereocenters. The van der Waals surface area contributed by atoms with Crippen LogP contribution in [0.5, 0.6) is 0 Å². The van der Waals surface area contributed by atoms with Crippen molar-refractivity contribution in [2.24, 2.45) is 5.92 Å². The maximum atomic E-state index is 12.3. The van der Waals surface area contributed by atoms with Gasteiger partial charge in [0.25, 0.3) is 0 Å². The van der Waals surface area contributed by atoms with E-state index in [1.165, 1.54) is 6.26 Å². The van der Waals surface area contributed by atoms with Crippen LogP contribution in [-0.4, -0.2) is 51.7 Å². The van der Waals surface area contributed by atoms with Crippen molar-refractivity contribution in [1.82, 2.24) is 10.2 Å². The van der Waals surface area contributed by atoms with Gasteiger partial charge in [-0.2, -0.15) is 0 Å². The lowest BCUT2D eigenvalue weighted by Gasteiger charge is -2.29. The second-order valence-corrected chi connectivity index (χ2v) is 7.95. The van der Waals surface area contributed by atoms with Gasteiger partial charge in [-0.1, -0.05) is 19.1 Å². The van der Waals surface area contributed by atoms with E-state index in [4.69, 9.17) is 0 Å². The molecule has 1 atom stereocenters. The smallest absolute Gasteiger partial charge is 0.225 e. The van der Waals surface area contributed by atoms with Gasteiger partial charge in [-0.3, -0.25) is 4.79 Å². The average molecular weight is 324 g/mol. The number of benzene rings is 1. The summed E-state index contributed by atoms with van der Waals surface area (Å²) in [6, 6.07) is 6.98. The van der Waals surface area contributed by atoms with Crippen LogP contribution in [0, 0.1) is 5.92 Å². The Balaban J connectivity index is 1.93. The van der Waals surface area contributed by atoms with Gasteiger partial charge >= 0.3 is 0 Å². The molecule has 0 aromatic heterocycles. The molecule has 1 heterocycles. The molecule has 122 valence electrons. The van der Waals surface area contributed by atoms with Crippen LogP contribution in [0.2, 0.25) is 0 Å². The number of amides is 1. The van der Waals surface area contributed by atoms with E-state index in [9.17, 15) is 13.2 Å². The van der Waals surface area contributed by atoms with E-state index in [1.54, 1.807) is 18.2 Å². The van der Waals surface area contributed by atoms with Gasteiger partial charge in [0.05, 0.1) is 4.90 Å². The molecular formula is C16H24N2O3S. The maximum Gasteiger partial charge on any atom is 0.225 e. The Morgan fingerprint density at radius 2 is 2.00 bits per heavy atom. The maximum absolute atomic E-state index is 12.3. The van der Waals surface area contributed by atoms with Crippen molar-refractivity contribution >= 4 is 15.7 Å². The van der Waals surface area contributed by atoms with Crippen molar-refractivity contribution in [2.75, 3.05) is 32.4 Å². The Bertz CT molecular complexity index is 622. The van der Waals surface area contributed by atoms with Gasteiger partial charge in [-0.25, -0.2) is 8.42 Å². The second kappa shape index (κ2) is 7.24. The third-order valence-corrected chi connectivity index (χ3v) is 5.15. The van der Waals surface area contributed by atoms with Gasteiger partial charge < -0.3 is 10.2 Å². The van der Waals surface area contributed by atoms with Crippen LogP contribution in [0.1, 0.15) is 18.9 Å². The van der Waals surface area contributed by atoms with E-state index in [0.717, 1.165) is 38.2 Å². The number of nitrogens with zero attached hydrogens (tertiary/aromatic N) is 1. The van der Waals surface area contributed by atoms with E-state index in [2.05, 4.69) is 5.32 Å². The molecule has 22 heavy (non-hydrogen) atoms. The molecule has 1 fully saturated rings. The van der Waals surface area contributed by atoms with E-state index < -0.39 is 9.84 Å². The number of carbonyl (C=O) groups excluding carboxylic acids is 1. The number of nitrogens with one attached hydrogen (secondary N) is 1. The molecule has 1 aliphatic rings. The summed E-state index contributed by atoms with van der Waals surface area (Å²) in [6.45, 7) is 5.20. The van der Waals surface area contributed by atoms with E-state index >= 15 is 0 Å². The fraction of sp³-hybridized carbons (Fsp3) is 0.562. The van der Waals surface area contributed by atoms with E-state index in [-0.39, 0.29) is 11.8 Å². The van der Waals surface area contributed by atoms with Crippen molar-refractivity contribution in [3.05, 3.63) is 29.8 Å². The van der Waals surface area contributed by atoms with Gasteiger partial charge in [-0.05, 0) is 30.5 Å². The first-order valence-electron chi connectivity index (χ1n) is 7.66. The Morgan fingerprint density at radius 1 is 1.32 bits per heavy atom. The zero-order valence-corrected chi connectivity index (χ0v) is 14.0. The normalized spacial score (nSPS) is 17.3. The fourth-order valence-electron chi connectivity index (χ4n) is 2.64. The van der Waals surface area contributed by atoms with Crippen molar-refractivity contribution < 1.29 is 13.2 Å². The fourth-order valence-corrected chi connectivity index (χ4v) is 3.33. The zero-order valence-electron chi connectivity index (χ0n) is 13.2. The van der Waals surface area contributed by atoms with Crippen molar-refractivity contribution in [2.45, 2.75) is 24.7 Å². The summed E-state index contributed by atoms with van der Waals surface area (Å²) in [6.07, 6.45) is 2.65. The highest BCUT2D eigenvalue weighted by atomic mass is 32.2. The van der Waals surface area contributed by atoms with E-state index in [0.29, 0.717) is 11.3 Å². The topological polar surface area (TPSA) is 66.5 Å². The summed E-state index contributed by atoms with van der Waals surface area (Å²) in [5.74, 6) is 0.153. The molecular weight excluding hydrogens is 300 g/mol. The summed E-state index contributed by atoms with van der Waals surface area (Å²) in [4.78, 5) is 14.6. The third-order valence-electron chi connectivity index (χ3n) is 4.04. The standard InChI is InChI=1S/C16H24N2O3S/c1-13(16(19)18-10-8-17-9-11-18)6-7-14-4-3-5-15(12-14)22(2,20)21/h3-5,12-13,17H,6-11H2,1-2H3. The molecule has 2 rings (SSSR count). The molecule has 1 aliphatic heterocycles. The summed E-state index contributed by atoms with van der Waals surface area (Å²) in [5, 5.41) is 3.24. The molecule has 1 amide bonds. The second-order valence-electron chi connectivity index (χ2n) is 5.93. The van der Waals surface area contributed by atoms with Gasteiger partial charge in [0, 0.05) is 38.4 Å². The highest BCUT2D eigenvalue weighted by molar-refractivity contribution is 7.90. The number of hydrogen-bond acceptors (Lipinski definition) is 4. The van der Waals surface area contributed by atoms with Crippen LogP contribution in [-0.2, 0) is 21.1 Å². The molecule has 6 heteroatoms. The first-order valence-corrected chi connectivity index (χ1v) is 9.55. The van der Waals surface area contributed by atoms with Gasteiger partial charge in [0.2, 0.25) is 5.91 Å². The predicted octanol–water partition coefficient (Wildman–Crippen LogP) is 1.09. The van der Waals surface area contributed by atoms with Crippen LogP contribution in [0.25, 0.3) is 0 Å². The lowest BCUT2D eigenvalue weighted by atomic mass is 9.99. The van der Waals surface area contributed by atoms with E-state index in [1.807, 2.05) is 17.9 Å². The lowest BCUT2D eigenvalue weighted by molar-refractivity contribution is -0.135. The van der Waals surface area contributed by atoms with Gasteiger partial charge in [0.1, 0.15) is 0 Å². The Hall–Kier alpha value is -1.40. The van der Waals surface area contributed by atoms with Crippen LogP contribution >= 0.6 is 0 Å². The first-order chi connectivity index (χ1) is 10.4. The van der Waals surface area contributed by atoms with Crippen LogP contribution in [0.15, 0.2) is 29.2 Å². The summed E-state index contributed by atoms with van der Waals surface area (Å²) < 4.78 is 23.1. The van der Waals surface area contributed by atoms with Crippen molar-refractivity contribution in [3.8, 4) is 0 Å². The van der Waals surface area contributed by atoms with Crippen molar-refractivity contribution in [3.63, 3.8) is 0 Å². The molecule has 5 nitrogen and oxygen atoms in total. The zero-order chi connectivity index (χ0) is 16.2. The number of piperazine rings is 1. The molecule has 1 aromatic rings. The Morgan fingerprint density at radius 3 is 2.64 bits per heavy atom. The molecule has 0 saturated carbocycles. The van der Waals surface area contributed by atoms with Crippen LogP contribution < -0.4 is 5.32 Å². The highest BCUT2D eigenvalue weighted by Gasteiger charge is 2.21. The highest BCUT2D eigenvalue weighted by Crippen LogP contribution is 2.16. The van der Waals surface area contributed by atoms with Crippen LogP contribution in [0.3, 0.4) is 0 Å². The molecule has 0 bridgehead atoms. The Kier molecular flexibility index (Phi) is 5.58. The average Bonchev–Trinajstić information content (AvgIpc) is 2.52. The Labute approximate surface area is 132 Å². The number of carbonyl (C=O) groups is 1. The number of aryl methyl sites for hydroxylation is 1. The third kappa shape index (κ3) is 4.55. The molecule has 0 aliphatic carbocycles. The SMILES string of the molecule is CC(CCc1cccc(S(C)(=O)=O)c1)C(=O)N1CCNCC1. The van der Waals surface area contributed by atoms with Gasteiger partial charge in [-0.15, -0.1) is 0 Å². The number of hydrogen-bond donors (Lipinski definition) is 1. The first kappa shape index (κ1) is 17.0. The predicted molar refractivity (Wildman–Crippen MR) is 86.5 cm³/mol. The summed E-state index contributed by atoms with van der Waals surface area (Å²) in [7, 11) is -3.18. The van der Waals surface area contributed by atoms with Crippen molar-refractivity contribution in [1.29, 1.82) is 0 Å².